The monoisotopic (exact) mass is 506 g/mol. The van der Waals surface area contributed by atoms with Crippen LogP contribution in [0.2, 0.25) is 5.02 Å². The van der Waals surface area contributed by atoms with Gasteiger partial charge in [0.2, 0.25) is 0 Å². The van der Waals surface area contributed by atoms with Gasteiger partial charge >= 0.3 is 11.9 Å². The molecule has 0 unspecified atom stereocenters. The van der Waals surface area contributed by atoms with Crippen molar-refractivity contribution in [2.75, 3.05) is 23.8 Å². The van der Waals surface area contributed by atoms with Crippen molar-refractivity contribution in [2.24, 2.45) is 0 Å². The molecule has 0 saturated heterocycles. The van der Waals surface area contributed by atoms with Gasteiger partial charge in [0.05, 0.1) is 36.5 Å². The molecule has 0 atom stereocenters. The standard InChI is InChI=1S/C22H23ClN4O4S2/c1-4-30-20(28)17-13(3)18(21(29)31-5-2)33-19(17)26-22(32)25-16-8-6-7-14(9-16)11-27-12-15(23)10-24-27/h6-10,12H,4-5,11H2,1-3H3,(H2,25,26,32). The van der Waals surface area contributed by atoms with E-state index in [-0.39, 0.29) is 23.9 Å². The minimum absolute atomic E-state index is 0.208. The molecule has 0 radical (unpaired) electrons. The fourth-order valence-electron chi connectivity index (χ4n) is 3.07. The number of rotatable bonds is 8. The molecule has 2 heterocycles. The minimum Gasteiger partial charge on any atom is -0.462 e. The molecule has 0 aliphatic carbocycles. The minimum atomic E-state index is -0.535. The highest BCUT2D eigenvalue weighted by atomic mass is 35.5. The largest absolute Gasteiger partial charge is 0.462 e. The van der Waals surface area contributed by atoms with Crippen LogP contribution < -0.4 is 10.6 Å². The Bertz CT molecular complexity index is 1180. The lowest BCUT2D eigenvalue weighted by molar-refractivity contribution is 0.0527. The molecule has 11 heteroatoms. The number of carbonyl (C=O) groups excluding carboxylic acids is 2. The van der Waals surface area contributed by atoms with Crippen LogP contribution >= 0.6 is 35.2 Å². The summed E-state index contributed by atoms with van der Waals surface area (Å²) in [6.07, 6.45) is 3.32. The molecule has 0 fully saturated rings. The van der Waals surface area contributed by atoms with Gasteiger partial charge in [0, 0.05) is 11.9 Å². The van der Waals surface area contributed by atoms with Crippen LogP contribution in [0.25, 0.3) is 0 Å². The number of ether oxygens (including phenoxy) is 2. The van der Waals surface area contributed by atoms with Crippen LogP contribution in [0.5, 0.6) is 0 Å². The van der Waals surface area contributed by atoms with Gasteiger partial charge in [0.15, 0.2) is 5.11 Å². The first kappa shape index (κ1) is 24.7. The highest BCUT2D eigenvalue weighted by Gasteiger charge is 2.26. The van der Waals surface area contributed by atoms with E-state index < -0.39 is 11.9 Å². The van der Waals surface area contributed by atoms with Crippen LogP contribution in [-0.2, 0) is 16.0 Å². The van der Waals surface area contributed by atoms with Gasteiger partial charge < -0.3 is 20.1 Å². The second kappa shape index (κ2) is 11.3. The third kappa shape index (κ3) is 6.31. The summed E-state index contributed by atoms with van der Waals surface area (Å²) in [6.45, 7) is 6.10. The zero-order valence-corrected chi connectivity index (χ0v) is 20.7. The zero-order chi connectivity index (χ0) is 24.0. The van der Waals surface area contributed by atoms with Crippen molar-refractivity contribution < 1.29 is 19.1 Å². The zero-order valence-electron chi connectivity index (χ0n) is 18.3. The number of hydrogen-bond acceptors (Lipinski definition) is 7. The molecule has 3 aromatic rings. The van der Waals surface area contributed by atoms with Crippen LogP contribution in [0.1, 0.15) is 45.0 Å². The second-order valence-electron chi connectivity index (χ2n) is 6.84. The molecule has 0 spiro atoms. The molecule has 2 N–H and O–H groups in total. The molecule has 0 amide bonds. The summed E-state index contributed by atoms with van der Waals surface area (Å²) in [7, 11) is 0. The van der Waals surface area contributed by atoms with Crippen molar-refractivity contribution in [3.05, 3.63) is 63.2 Å². The summed E-state index contributed by atoms with van der Waals surface area (Å²) in [5.74, 6) is -1.03. The number of anilines is 2. The number of esters is 2. The molecule has 0 saturated carbocycles. The van der Waals surface area contributed by atoms with E-state index in [0.717, 1.165) is 22.6 Å². The molecule has 0 bridgehead atoms. The smallest absolute Gasteiger partial charge is 0.348 e. The van der Waals surface area contributed by atoms with Gasteiger partial charge in [-0.2, -0.15) is 5.10 Å². The highest BCUT2D eigenvalue weighted by molar-refractivity contribution is 7.80. The Morgan fingerprint density at radius 2 is 1.91 bits per heavy atom. The van der Waals surface area contributed by atoms with Crippen molar-refractivity contribution in [2.45, 2.75) is 27.3 Å². The van der Waals surface area contributed by atoms with Crippen LogP contribution in [0.4, 0.5) is 10.7 Å². The topological polar surface area (TPSA) is 94.5 Å². The summed E-state index contributed by atoms with van der Waals surface area (Å²) in [4.78, 5) is 25.2. The average Bonchev–Trinajstić information content (AvgIpc) is 3.31. The molecule has 0 aliphatic heterocycles. The van der Waals surface area contributed by atoms with E-state index in [4.69, 9.17) is 33.3 Å². The Kier molecular flexibility index (Phi) is 8.43. The predicted molar refractivity (Wildman–Crippen MR) is 134 cm³/mol. The average molecular weight is 507 g/mol. The van der Waals surface area contributed by atoms with Crippen molar-refractivity contribution in [1.82, 2.24) is 9.78 Å². The lowest BCUT2D eigenvalue weighted by Crippen LogP contribution is -2.20. The van der Waals surface area contributed by atoms with Gasteiger partial charge in [-0.15, -0.1) is 11.3 Å². The molecular weight excluding hydrogens is 484 g/mol. The van der Waals surface area contributed by atoms with Crippen molar-refractivity contribution in [1.29, 1.82) is 0 Å². The first-order valence-corrected chi connectivity index (χ1v) is 11.7. The Balaban J connectivity index is 1.78. The molecule has 8 nitrogen and oxygen atoms in total. The molecule has 33 heavy (non-hydrogen) atoms. The Hall–Kier alpha value is -2.95. The summed E-state index contributed by atoms with van der Waals surface area (Å²) in [5, 5.41) is 11.6. The Morgan fingerprint density at radius 1 is 1.18 bits per heavy atom. The number of nitrogens with one attached hydrogen (secondary N) is 2. The first-order chi connectivity index (χ1) is 15.8. The van der Waals surface area contributed by atoms with Gasteiger partial charge in [-0.3, -0.25) is 4.68 Å². The van der Waals surface area contributed by atoms with E-state index >= 15 is 0 Å². The number of nitrogens with zero attached hydrogens (tertiary/aromatic N) is 2. The van der Waals surface area contributed by atoms with Crippen LogP contribution in [0, 0.1) is 6.92 Å². The quantitative estimate of drug-likeness (QED) is 0.321. The third-order valence-electron chi connectivity index (χ3n) is 4.45. The Morgan fingerprint density at radius 3 is 2.58 bits per heavy atom. The van der Waals surface area contributed by atoms with Crippen LogP contribution in [-0.4, -0.2) is 40.0 Å². The normalized spacial score (nSPS) is 10.5. The maximum absolute atomic E-state index is 12.6. The van der Waals surface area contributed by atoms with E-state index in [2.05, 4.69) is 15.7 Å². The summed E-state index contributed by atoms with van der Waals surface area (Å²) in [6, 6.07) is 7.65. The van der Waals surface area contributed by atoms with E-state index in [1.807, 2.05) is 24.3 Å². The van der Waals surface area contributed by atoms with Gasteiger partial charge in [0.1, 0.15) is 9.88 Å². The van der Waals surface area contributed by atoms with Crippen LogP contribution in [0.15, 0.2) is 36.7 Å². The number of aromatic nitrogens is 2. The predicted octanol–water partition coefficient (Wildman–Crippen LogP) is 5.12. The van der Waals surface area contributed by atoms with Crippen LogP contribution in [0.3, 0.4) is 0 Å². The van der Waals surface area contributed by atoms with E-state index in [1.54, 1.807) is 37.8 Å². The maximum atomic E-state index is 12.6. The molecular formula is C22H23ClN4O4S2. The SMILES string of the molecule is CCOC(=O)c1sc(NC(=S)Nc2cccc(Cn3cc(Cl)cn3)c2)c(C(=O)OCC)c1C. The summed E-state index contributed by atoms with van der Waals surface area (Å²) >= 11 is 12.5. The van der Waals surface area contributed by atoms with E-state index in [9.17, 15) is 9.59 Å². The van der Waals surface area contributed by atoms with Gasteiger partial charge in [-0.25, -0.2) is 9.59 Å². The van der Waals surface area contributed by atoms with Gasteiger partial charge in [0.25, 0.3) is 0 Å². The number of halogens is 1. The molecule has 2 aromatic heterocycles. The molecule has 174 valence electrons. The molecule has 1 aromatic carbocycles. The first-order valence-electron chi connectivity index (χ1n) is 10.1. The van der Waals surface area contributed by atoms with Crippen molar-refractivity contribution in [3.8, 4) is 0 Å². The number of thiophene rings is 1. The second-order valence-corrected chi connectivity index (χ2v) is 8.70. The van der Waals surface area contributed by atoms with E-state index in [0.29, 0.717) is 27.0 Å². The lowest BCUT2D eigenvalue weighted by atomic mass is 10.1. The Labute approximate surface area is 205 Å². The van der Waals surface area contributed by atoms with Crippen molar-refractivity contribution in [3.63, 3.8) is 0 Å². The van der Waals surface area contributed by atoms with Crippen molar-refractivity contribution >= 4 is 62.9 Å². The summed E-state index contributed by atoms with van der Waals surface area (Å²) in [5.41, 5.74) is 2.49. The number of thiocarbonyl (C=S) groups is 1. The number of hydrogen-bond donors (Lipinski definition) is 2. The van der Waals surface area contributed by atoms with Gasteiger partial charge in [-0.1, -0.05) is 23.7 Å². The molecule has 0 aliphatic rings. The lowest BCUT2D eigenvalue weighted by Gasteiger charge is -2.12. The molecule has 3 rings (SSSR count). The third-order valence-corrected chi connectivity index (χ3v) is 6.03. The summed E-state index contributed by atoms with van der Waals surface area (Å²) < 4.78 is 12.0. The fraction of sp³-hybridized carbons (Fsp3) is 0.273. The van der Waals surface area contributed by atoms with Gasteiger partial charge in [-0.05, 0) is 56.2 Å². The highest BCUT2D eigenvalue weighted by Crippen LogP contribution is 2.34. The maximum Gasteiger partial charge on any atom is 0.348 e. The van der Waals surface area contributed by atoms with E-state index in [1.165, 1.54) is 0 Å². The fourth-order valence-corrected chi connectivity index (χ4v) is 4.60. The number of benzene rings is 1. The number of carbonyl (C=O) groups is 2.